The second-order valence-corrected chi connectivity index (χ2v) is 11.7. The van der Waals surface area contributed by atoms with Gasteiger partial charge in [-0.25, -0.2) is 0 Å². The van der Waals surface area contributed by atoms with Gasteiger partial charge in [-0.3, -0.25) is 0 Å². The second-order valence-electron chi connectivity index (χ2n) is 11.7. The summed E-state index contributed by atoms with van der Waals surface area (Å²) in [7, 11) is 0. The molecule has 10 fully saturated rings. The van der Waals surface area contributed by atoms with Crippen LogP contribution >= 0.6 is 0 Å². The molecule has 0 radical (unpaired) electrons. The van der Waals surface area contributed by atoms with Gasteiger partial charge in [-0.1, -0.05) is 0 Å². The standard InChI is InChI=1S/C21H24/c1-5-2-7-11(5)16-14(7)17-15-10-4-9-13-8-3-6(1)12(8)19(13)21(9,10)20(15)18(16)17/h5-20H,1-4H2. The Balaban J connectivity index is 1.21. The highest BCUT2D eigenvalue weighted by molar-refractivity contribution is 5.44. The molecule has 0 aromatic rings. The van der Waals surface area contributed by atoms with Crippen LogP contribution in [0.4, 0.5) is 0 Å². The van der Waals surface area contributed by atoms with Crippen molar-refractivity contribution in [1.82, 2.24) is 0 Å². The van der Waals surface area contributed by atoms with Crippen LogP contribution in [0.2, 0.25) is 0 Å². The molecule has 0 saturated heterocycles. The van der Waals surface area contributed by atoms with Crippen molar-refractivity contribution in [2.75, 3.05) is 0 Å². The molecule has 0 aromatic carbocycles. The minimum Gasteiger partial charge on any atom is -0.0470 e. The van der Waals surface area contributed by atoms with Gasteiger partial charge in [0.15, 0.2) is 0 Å². The third-order valence-corrected chi connectivity index (χ3v) is 13.0. The van der Waals surface area contributed by atoms with Gasteiger partial charge in [0, 0.05) is 0 Å². The highest BCUT2D eigenvalue weighted by atomic mass is 15.0. The molecule has 108 valence electrons. The van der Waals surface area contributed by atoms with E-state index >= 15 is 0 Å². The molecule has 0 N–H and O–H groups in total. The molecule has 10 aliphatic rings. The molecule has 0 nitrogen and oxygen atoms in total. The molecule has 1 spiro atoms. The van der Waals surface area contributed by atoms with Crippen molar-refractivity contribution in [3.05, 3.63) is 0 Å². The zero-order chi connectivity index (χ0) is 12.6. The van der Waals surface area contributed by atoms with E-state index in [4.69, 9.17) is 0 Å². The molecule has 10 saturated carbocycles. The molecular formula is C21H24. The predicted molar refractivity (Wildman–Crippen MR) is 76.7 cm³/mol. The van der Waals surface area contributed by atoms with Crippen LogP contribution < -0.4 is 0 Å². The predicted octanol–water partition coefficient (Wildman–Crippen LogP) is 3.53. The topological polar surface area (TPSA) is 0 Å². The van der Waals surface area contributed by atoms with E-state index in [2.05, 4.69) is 0 Å². The SMILES string of the molecule is C1C2CC3C2C2C3C3C2C2C3C3CC4C5C6CC1C6C5C432. The van der Waals surface area contributed by atoms with E-state index in [-0.39, 0.29) is 0 Å². The lowest BCUT2D eigenvalue weighted by Gasteiger charge is -3.01. The van der Waals surface area contributed by atoms with Gasteiger partial charge in [-0.15, -0.1) is 0 Å². The summed E-state index contributed by atoms with van der Waals surface area (Å²) in [6, 6.07) is 0. The van der Waals surface area contributed by atoms with Gasteiger partial charge in [0.25, 0.3) is 0 Å². The molecule has 10 rings (SSSR count). The lowest BCUT2D eigenvalue weighted by atomic mass is 9.03. The van der Waals surface area contributed by atoms with Crippen LogP contribution in [0.25, 0.3) is 0 Å². The molecule has 17 atom stereocenters. The van der Waals surface area contributed by atoms with Crippen LogP contribution in [0.15, 0.2) is 0 Å². The number of hydrogen-bond acceptors (Lipinski definition) is 0. The maximum atomic E-state index is 1.73. The van der Waals surface area contributed by atoms with Crippen LogP contribution in [-0.4, -0.2) is 0 Å². The summed E-state index contributed by atoms with van der Waals surface area (Å²) >= 11 is 0. The van der Waals surface area contributed by atoms with Gasteiger partial charge in [0.05, 0.1) is 0 Å². The highest BCUT2D eigenvalue weighted by Gasteiger charge is 2.97. The van der Waals surface area contributed by atoms with E-state index < -0.39 is 0 Å². The Morgan fingerprint density at radius 3 is 2.14 bits per heavy atom. The van der Waals surface area contributed by atoms with Crippen LogP contribution in [-0.2, 0) is 0 Å². The van der Waals surface area contributed by atoms with Gasteiger partial charge in [0.1, 0.15) is 0 Å². The first-order valence-electron chi connectivity index (χ1n) is 10.4. The zero-order valence-electron chi connectivity index (χ0n) is 12.6. The van der Waals surface area contributed by atoms with Crippen molar-refractivity contribution in [3.63, 3.8) is 0 Å². The largest absolute Gasteiger partial charge is 0.0470 e. The smallest absolute Gasteiger partial charge is 0.0167 e. The summed E-state index contributed by atoms with van der Waals surface area (Å²) in [5.41, 5.74) is 1.04. The average Bonchev–Trinajstić information content (AvgIpc) is 2.41. The lowest BCUT2D eigenvalue weighted by Crippen LogP contribution is -2.97. The third-order valence-electron chi connectivity index (χ3n) is 13.0. The first kappa shape index (κ1) is 9.33. The first-order chi connectivity index (χ1) is 10.4. The van der Waals surface area contributed by atoms with Crippen LogP contribution in [0.3, 0.4) is 0 Å². The van der Waals surface area contributed by atoms with Crippen molar-refractivity contribution in [1.29, 1.82) is 0 Å². The second kappa shape index (κ2) is 2.15. The Morgan fingerprint density at radius 1 is 0.476 bits per heavy atom. The molecule has 0 aromatic heterocycles. The monoisotopic (exact) mass is 276 g/mol. The normalized spacial score (nSPS) is 96.0. The molecular weight excluding hydrogens is 252 g/mol. The maximum absolute atomic E-state index is 1.73. The Hall–Kier alpha value is 0. The fourth-order valence-corrected chi connectivity index (χ4v) is 13.2. The minimum absolute atomic E-state index is 1.04. The van der Waals surface area contributed by atoms with Crippen LogP contribution in [0, 0.1) is 100 Å². The van der Waals surface area contributed by atoms with Crippen molar-refractivity contribution < 1.29 is 0 Å². The lowest BCUT2D eigenvalue weighted by molar-refractivity contribution is -0.545. The molecule has 17 unspecified atom stereocenters. The van der Waals surface area contributed by atoms with Gasteiger partial charge < -0.3 is 0 Å². The maximum Gasteiger partial charge on any atom is -0.0167 e. The highest BCUT2D eigenvalue weighted by Crippen LogP contribution is 3.01. The third kappa shape index (κ3) is 0.517. The number of rotatable bonds is 0. The summed E-state index contributed by atoms with van der Waals surface area (Å²) < 4.78 is 0. The molecule has 0 heteroatoms. The summed E-state index contributed by atoms with van der Waals surface area (Å²) in [5, 5.41) is 0. The van der Waals surface area contributed by atoms with E-state index in [1.54, 1.807) is 25.7 Å². The molecule has 0 heterocycles. The summed E-state index contributed by atoms with van der Waals surface area (Å²) in [4.78, 5) is 0. The Bertz CT molecular complexity index is 676. The number of fused-ring (bicyclic) bond motifs is 6. The molecule has 0 aliphatic heterocycles. The summed E-state index contributed by atoms with van der Waals surface area (Å²) in [5.74, 6) is 20.7. The van der Waals surface area contributed by atoms with E-state index in [0.717, 1.165) is 5.41 Å². The first-order valence-corrected chi connectivity index (χ1v) is 10.4. The van der Waals surface area contributed by atoms with Gasteiger partial charge in [-0.05, 0) is 126 Å². The summed E-state index contributed by atoms with van der Waals surface area (Å²) in [6.45, 7) is 0. The van der Waals surface area contributed by atoms with Gasteiger partial charge >= 0.3 is 0 Å². The van der Waals surface area contributed by atoms with E-state index in [0.29, 0.717) is 0 Å². The van der Waals surface area contributed by atoms with Crippen LogP contribution in [0.5, 0.6) is 0 Å². The average molecular weight is 276 g/mol. The van der Waals surface area contributed by atoms with Crippen molar-refractivity contribution in [2.45, 2.75) is 25.7 Å². The molecule has 21 heavy (non-hydrogen) atoms. The molecule has 0 bridgehead atoms. The van der Waals surface area contributed by atoms with Crippen molar-refractivity contribution in [2.24, 2.45) is 100 Å². The Labute approximate surface area is 126 Å². The van der Waals surface area contributed by atoms with Crippen molar-refractivity contribution in [3.8, 4) is 0 Å². The van der Waals surface area contributed by atoms with E-state index in [1.807, 2.05) is 0 Å². The molecule has 0 amide bonds. The number of hydrogen-bond donors (Lipinski definition) is 0. The quantitative estimate of drug-likeness (QED) is 0.635. The minimum atomic E-state index is 1.04. The zero-order valence-corrected chi connectivity index (χ0v) is 12.6. The fraction of sp³-hybridized carbons (Fsp3) is 1.00. The molecule has 10 aliphatic carbocycles. The van der Waals surface area contributed by atoms with Gasteiger partial charge in [0.2, 0.25) is 0 Å². The van der Waals surface area contributed by atoms with Gasteiger partial charge in [-0.2, -0.15) is 0 Å². The Kier molecular flexibility index (Phi) is 0.954. The fourth-order valence-electron chi connectivity index (χ4n) is 13.2. The van der Waals surface area contributed by atoms with Crippen molar-refractivity contribution >= 4 is 0 Å². The Morgan fingerprint density at radius 2 is 1.19 bits per heavy atom. The van der Waals surface area contributed by atoms with E-state index in [9.17, 15) is 0 Å². The van der Waals surface area contributed by atoms with E-state index in [1.165, 1.54) is 94.7 Å². The summed E-state index contributed by atoms with van der Waals surface area (Å²) in [6.07, 6.45) is 6.84. The van der Waals surface area contributed by atoms with Crippen LogP contribution in [0.1, 0.15) is 25.7 Å².